The molecule has 160 valence electrons. The van der Waals surface area contributed by atoms with Gasteiger partial charge in [0.05, 0.1) is 17.2 Å². The van der Waals surface area contributed by atoms with Gasteiger partial charge in [-0.2, -0.15) is 5.26 Å². The molecule has 2 heterocycles. The number of carbonyl (C=O) groups is 1. The van der Waals surface area contributed by atoms with E-state index in [0.29, 0.717) is 15.3 Å². The Labute approximate surface area is 178 Å². The van der Waals surface area contributed by atoms with E-state index in [2.05, 4.69) is 20.0 Å². The van der Waals surface area contributed by atoms with Crippen molar-refractivity contribution in [1.29, 1.82) is 5.26 Å². The van der Waals surface area contributed by atoms with Crippen molar-refractivity contribution >= 4 is 17.2 Å². The van der Waals surface area contributed by atoms with E-state index in [0.717, 1.165) is 23.5 Å². The molecule has 11 heteroatoms. The number of carbonyl (C=O) groups excluding carboxylic acids is 1. The van der Waals surface area contributed by atoms with Crippen LogP contribution in [0.25, 0.3) is 22.0 Å². The highest BCUT2D eigenvalue weighted by Gasteiger charge is 2.31. The highest BCUT2D eigenvalue weighted by atomic mass is 32.1. The summed E-state index contributed by atoms with van der Waals surface area (Å²) in [5.74, 6) is -0.765. The molecule has 0 bridgehead atoms. The number of amides is 1. The van der Waals surface area contributed by atoms with E-state index in [9.17, 15) is 18.0 Å². The summed E-state index contributed by atoms with van der Waals surface area (Å²) in [4.78, 5) is 22.2. The third-order valence-electron chi connectivity index (χ3n) is 3.93. The summed E-state index contributed by atoms with van der Waals surface area (Å²) in [5, 5.41) is 20.8. The van der Waals surface area contributed by atoms with E-state index >= 15 is 0 Å². The second-order valence-electron chi connectivity index (χ2n) is 6.37. The molecule has 3 aromatic rings. The van der Waals surface area contributed by atoms with Crippen LogP contribution in [0.15, 0.2) is 42.5 Å². The normalized spacial score (nSPS) is 12.1. The van der Waals surface area contributed by atoms with Gasteiger partial charge in [0.15, 0.2) is 5.82 Å². The number of nitriles is 1. The topological polar surface area (TPSA) is 108 Å². The predicted molar refractivity (Wildman–Crippen MR) is 106 cm³/mol. The Morgan fingerprint density at radius 1 is 1.26 bits per heavy atom. The number of hydrogen-bond donors (Lipinski definition) is 2. The molecular formula is C20H15F3N4O3S. The number of rotatable bonds is 6. The van der Waals surface area contributed by atoms with Crippen molar-refractivity contribution in [2.45, 2.75) is 19.3 Å². The molecule has 31 heavy (non-hydrogen) atoms. The van der Waals surface area contributed by atoms with Gasteiger partial charge in [0, 0.05) is 11.6 Å². The first-order valence-corrected chi connectivity index (χ1v) is 9.67. The number of aliphatic hydroxyl groups excluding tert-OH is 1. The van der Waals surface area contributed by atoms with Crippen molar-refractivity contribution in [1.82, 2.24) is 15.3 Å². The van der Waals surface area contributed by atoms with E-state index in [1.165, 1.54) is 18.2 Å². The van der Waals surface area contributed by atoms with Gasteiger partial charge in [0.2, 0.25) is 0 Å². The average molecular weight is 448 g/mol. The number of aromatic nitrogens is 2. The maximum absolute atomic E-state index is 12.5. The lowest BCUT2D eigenvalue weighted by Crippen LogP contribution is -2.35. The number of hydrogen-bond acceptors (Lipinski definition) is 7. The van der Waals surface area contributed by atoms with Crippen LogP contribution in [0.1, 0.15) is 22.3 Å². The number of halogens is 3. The summed E-state index contributed by atoms with van der Waals surface area (Å²) in [6, 6.07) is 11.1. The third kappa shape index (κ3) is 5.78. The second-order valence-corrected chi connectivity index (χ2v) is 7.45. The van der Waals surface area contributed by atoms with Crippen LogP contribution in [0.4, 0.5) is 13.2 Å². The highest BCUT2D eigenvalue weighted by Crippen LogP contribution is 2.29. The number of alkyl halides is 3. The molecule has 0 fully saturated rings. The van der Waals surface area contributed by atoms with Crippen molar-refractivity contribution in [2.75, 3.05) is 6.61 Å². The van der Waals surface area contributed by atoms with Crippen molar-refractivity contribution < 1.29 is 27.8 Å². The van der Waals surface area contributed by atoms with E-state index in [-0.39, 0.29) is 23.8 Å². The number of benzene rings is 1. The number of thiophene rings is 1. The fraction of sp³-hybridized carbons (Fsp3) is 0.200. The maximum Gasteiger partial charge on any atom is 0.573 e. The van der Waals surface area contributed by atoms with Gasteiger partial charge in [-0.3, -0.25) is 4.79 Å². The molecule has 2 aromatic heterocycles. The smallest absolute Gasteiger partial charge is 0.406 e. The Bertz CT molecular complexity index is 1120. The van der Waals surface area contributed by atoms with Gasteiger partial charge in [-0.25, -0.2) is 9.97 Å². The standard InChI is InChI=1S/C20H15F3N4O3S/c1-11(10-28)25-19(29)16-8-15(12-2-4-13(5-3-12)30-20(21,22)23)26-18(27-16)17-7-6-14(9-24)31-17/h2-8,11,28H,10H2,1H3,(H,25,29)/t11-/m0/s1. The van der Waals surface area contributed by atoms with Gasteiger partial charge in [-0.05, 0) is 49.4 Å². The summed E-state index contributed by atoms with van der Waals surface area (Å²) >= 11 is 1.13. The summed E-state index contributed by atoms with van der Waals surface area (Å²) < 4.78 is 41.0. The Morgan fingerprint density at radius 2 is 1.97 bits per heavy atom. The van der Waals surface area contributed by atoms with Crippen LogP contribution in [0.5, 0.6) is 5.75 Å². The molecule has 1 atom stereocenters. The van der Waals surface area contributed by atoms with Crippen molar-refractivity contribution in [3.63, 3.8) is 0 Å². The van der Waals surface area contributed by atoms with Crippen LogP contribution in [0, 0.1) is 11.3 Å². The first-order valence-electron chi connectivity index (χ1n) is 8.86. The molecule has 0 saturated carbocycles. The van der Waals surface area contributed by atoms with Crippen LogP contribution in [-0.4, -0.2) is 40.0 Å². The fourth-order valence-corrected chi connectivity index (χ4v) is 3.25. The molecule has 0 aliphatic rings. The number of ether oxygens (including phenoxy) is 1. The average Bonchev–Trinajstić information content (AvgIpc) is 3.22. The first kappa shape index (κ1) is 22.2. The first-order chi connectivity index (χ1) is 14.7. The van der Waals surface area contributed by atoms with Crippen LogP contribution in [-0.2, 0) is 0 Å². The summed E-state index contributed by atoms with van der Waals surface area (Å²) in [5.41, 5.74) is 0.722. The van der Waals surface area contributed by atoms with Gasteiger partial charge in [-0.1, -0.05) is 0 Å². The molecule has 7 nitrogen and oxygen atoms in total. The molecule has 1 amide bonds. The maximum atomic E-state index is 12.5. The van der Waals surface area contributed by atoms with Gasteiger partial charge in [-0.15, -0.1) is 24.5 Å². The zero-order valence-corrected chi connectivity index (χ0v) is 16.8. The number of aliphatic hydroxyl groups is 1. The highest BCUT2D eigenvalue weighted by molar-refractivity contribution is 7.15. The zero-order valence-electron chi connectivity index (χ0n) is 16.0. The van der Waals surface area contributed by atoms with E-state index in [1.807, 2.05) is 6.07 Å². The van der Waals surface area contributed by atoms with Crippen LogP contribution >= 0.6 is 11.3 Å². The van der Waals surface area contributed by atoms with Gasteiger partial charge in [0.1, 0.15) is 22.4 Å². The Hall–Kier alpha value is -3.49. The fourth-order valence-electron chi connectivity index (χ4n) is 2.51. The Balaban J connectivity index is 2.02. The molecule has 2 N–H and O–H groups in total. The molecule has 0 aliphatic heterocycles. The van der Waals surface area contributed by atoms with E-state index in [1.54, 1.807) is 19.1 Å². The minimum absolute atomic E-state index is 0.00262. The van der Waals surface area contributed by atoms with Crippen molar-refractivity contribution in [3.8, 4) is 33.8 Å². The van der Waals surface area contributed by atoms with Gasteiger partial charge < -0.3 is 15.2 Å². The molecule has 0 unspecified atom stereocenters. The lowest BCUT2D eigenvalue weighted by Gasteiger charge is -2.12. The van der Waals surface area contributed by atoms with Crippen LogP contribution < -0.4 is 10.1 Å². The van der Waals surface area contributed by atoms with E-state index < -0.39 is 24.1 Å². The minimum atomic E-state index is -4.81. The Morgan fingerprint density at radius 3 is 2.55 bits per heavy atom. The molecule has 1 aromatic carbocycles. The summed E-state index contributed by atoms with van der Waals surface area (Å²) in [7, 11) is 0. The molecule has 0 aliphatic carbocycles. The Kier molecular flexibility index (Phi) is 6.53. The number of nitrogens with one attached hydrogen (secondary N) is 1. The zero-order chi connectivity index (χ0) is 22.6. The van der Waals surface area contributed by atoms with Gasteiger partial charge >= 0.3 is 6.36 Å². The molecule has 0 radical (unpaired) electrons. The monoisotopic (exact) mass is 448 g/mol. The van der Waals surface area contributed by atoms with Gasteiger partial charge in [0.25, 0.3) is 5.91 Å². The lowest BCUT2D eigenvalue weighted by atomic mass is 10.1. The lowest BCUT2D eigenvalue weighted by molar-refractivity contribution is -0.274. The summed E-state index contributed by atoms with van der Waals surface area (Å²) in [6.45, 7) is 1.34. The number of nitrogens with zero attached hydrogens (tertiary/aromatic N) is 3. The molecule has 0 saturated heterocycles. The SMILES string of the molecule is C[C@@H](CO)NC(=O)c1cc(-c2ccc(OC(F)(F)F)cc2)nc(-c2ccc(C#N)s2)n1. The molecule has 0 spiro atoms. The predicted octanol–water partition coefficient (Wildman–Crippen LogP) is 3.75. The molecular weight excluding hydrogens is 433 g/mol. The largest absolute Gasteiger partial charge is 0.573 e. The van der Waals surface area contributed by atoms with Crippen LogP contribution in [0.3, 0.4) is 0 Å². The second kappa shape index (κ2) is 9.11. The summed E-state index contributed by atoms with van der Waals surface area (Å²) in [6.07, 6.45) is -4.81. The minimum Gasteiger partial charge on any atom is -0.406 e. The molecule has 3 rings (SSSR count). The van der Waals surface area contributed by atoms with Crippen molar-refractivity contribution in [3.05, 3.63) is 53.0 Å². The van der Waals surface area contributed by atoms with E-state index in [4.69, 9.17) is 10.4 Å². The van der Waals surface area contributed by atoms with Crippen molar-refractivity contribution in [2.24, 2.45) is 0 Å². The van der Waals surface area contributed by atoms with Crippen LogP contribution in [0.2, 0.25) is 0 Å². The quantitative estimate of drug-likeness (QED) is 0.595. The third-order valence-corrected chi connectivity index (χ3v) is 4.92.